The van der Waals surface area contributed by atoms with Gasteiger partial charge in [0.15, 0.2) is 0 Å². The largest absolute Gasteiger partial charge is 0.496 e. The van der Waals surface area contributed by atoms with Gasteiger partial charge in [0, 0.05) is 5.56 Å². The molecule has 0 saturated carbocycles. The van der Waals surface area contributed by atoms with Crippen LogP contribution in [-0.4, -0.2) is 53.0 Å². The number of hydrogen-bond acceptors (Lipinski definition) is 5. The Kier molecular flexibility index (Phi) is 6.49. The second-order valence-corrected chi connectivity index (χ2v) is 5.98. The van der Waals surface area contributed by atoms with Crippen LogP contribution in [0.15, 0.2) is 30.5 Å². The van der Waals surface area contributed by atoms with E-state index in [2.05, 4.69) is 15.5 Å². The minimum Gasteiger partial charge on any atom is -0.496 e. The number of aromatic amines is 1. The van der Waals surface area contributed by atoms with E-state index in [4.69, 9.17) is 4.74 Å². The van der Waals surface area contributed by atoms with Gasteiger partial charge in [0.05, 0.1) is 37.2 Å². The third-order valence-electron chi connectivity index (χ3n) is 3.49. The van der Waals surface area contributed by atoms with Gasteiger partial charge in [0.1, 0.15) is 5.75 Å². The van der Waals surface area contributed by atoms with Crippen molar-refractivity contribution >= 4 is 17.7 Å². The van der Waals surface area contributed by atoms with Crippen LogP contribution in [0, 0.1) is 0 Å². The molecule has 2 aromatic rings. The highest BCUT2D eigenvalue weighted by molar-refractivity contribution is 7.98. The molecule has 0 radical (unpaired) electrons. The van der Waals surface area contributed by atoms with Crippen LogP contribution in [0.1, 0.15) is 16.8 Å². The van der Waals surface area contributed by atoms with Crippen LogP contribution in [0.25, 0.3) is 11.3 Å². The summed E-state index contributed by atoms with van der Waals surface area (Å²) in [6.45, 7) is -0.0891. The van der Waals surface area contributed by atoms with E-state index in [9.17, 15) is 9.90 Å². The second kappa shape index (κ2) is 8.59. The number of ether oxygens (including phenoxy) is 1. The Labute approximate surface area is 139 Å². The maximum atomic E-state index is 12.5. The summed E-state index contributed by atoms with van der Waals surface area (Å²) in [4.78, 5) is 12.5. The topological polar surface area (TPSA) is 87.2 Å². The lowest BCUT2D eigenvalue weighted by atomic mass is 10.1. The van der Waals surface area contributed by atoms with Crippen molar-refractivity contribution < 1.29 is 14.6 Å². The zero-order valence-electron chi connectivity index (χ0n) is 13.2. The van der Waals surface area contributed by atoms with Crippen molar-refractivity contribution in [3.05, 3.63) is 36.0 Å². The zero-order chi connectivity index (χ0) is 16.7. The van der Waals surface area contributed by atoms with Crippen molar-refractivity contribution in [1.82, 2.24) is 15.5 Å². The van der Waals surface area contributed by atoms with Crippen LogP contribution in [-0.2, 0) is 0 Å². The summed E-state index contributed by atoms with van der Waals surface area (Å²) in [5.74, 6) is 1.27. The molecule has 1 atom stereocenters. The summed E-state index contributed by atoms with van der Waals surface area (Å²) in [5.41, 5.74) is 1.79. The van der Waals surface area contributed by atoms with E-state index in [-0.39, 0.29) is 18.6 Å². The molecule has 0 aliphatic rings. The normalized spacial score (nSPS) is 12.0. The average molecular weight is 335 g/mol. The van der Waals surface area contributed by atoms with E-state index in [1.807, 2.05) is 30.5 Å². The first-order valence-corrected chi connectivity index (χ1v) is 8.68. The van der Waals surface area contributed by atoms with E-state index in [0.29, 0.717) is 23.4 Å². The number of nitrogens with one attached hydrogen (secondary N) is 2. The Bertz CT molecular complexity index is 645. The Morgan fingerprint density at radius 2 is 2.26 bits per heavy atom. The number of aliphatic hydroxyl groups excluding tert-OH is 1. The first-order chi connectivity index (χ1) is 11.2. The molecule has 0 aliphatic carbocycles. The number of amides is 1. The highest BCUT2D eigenvalue weighted by atomic mass is 32.2. The third-order valence-corrected chi connectivity index (χ3v) is 4.13. The van der Waals surface area contributed by atoms with Crippen LogP contribution in [0.4, 0.5) is 0 Å². The molecule has 0 fully saturated rings. The minimum atomic E-state index is -0.268. The fraction of sp³-hybridized carbons (Fsp3) is 0.375. The molecule has 1 heterocycles. The highest BCUT2D eigenvalue weighted by Crippen LogP contribution is 2.30. The number of H-pyrrole nitrogens is 1. The van der Waals surface area contributed by atoms with E-state index in [1.54, 1.807) is 18.9 Å². The van der Waals surface area contributed by atoms with E-state index in [1.165, 1.54) is 6.20 Å². The van der Waals surface area contributed by atoms with Crippen molar-refractivity contribution in [3.63, 3.8) is 0 Å². The third kappa shape index (κ3) is 4.27. The molecule has 0 bridgehead atoms. The number of carbonyl (C=O) groups excluding carboxylic acids is 1. The lowest BCUT2D eigenvalue weighted by Crippen LogP contribution is -2.38. The number of nitrogens with zero attached hydrogens (tertiary/aromatic N) is 1. The van der Waals surface area contributed by atoms with Crippen LogP contribution < -0.4 is 10.1 Å². The van der Waals surface area contributed by atoms with E-state index in [0.717, 1.165) is 11.3 Å². The molecular formula is C16H21N3O3S. The number of thioether (sulfide) groups is 1. The number of aliphatic hydroxyl groups is 1. The second-order valence-electron chi connectivity index (χ2n) is 4.99. The monoisotopic (exact) mass is 335 g/mol. The predicted molar refractivity (Wildman–Crippen MR) is 91.9 cm³/mol. The minimum absolute atomic E-state index is 0.0891. The van der Waals surface area contributed by atoms with Crippen LogP contribution in [0.3, 0.4) is 0 Å². The molecule has 124 valence electrons. The van der Waals surface area contributed by atoms with Crippen molar-refractivity contribution in [1.29, 1.82) is 0 Å². The maximum absolute atomic E-state index is 12.5. The fourth-order valence-electron chi connectivity index (χ4n) is 2.25. The molecule has 6 nitrogen and oxygen atoms in total. The number of hydrogen-bond donors (Lipinski definition) is 3. The summed E-state index contributed by atoms with van der Waals surface area (Å²) < 4.78 is 5.34. The molecule has 3 N–H and O–H groups in total. The van der Waals surface area contributed by atoms with Crippen molar-refractivity contribution in [2.45, 2.75) is 12.5 Å². The van der Waals surface area contributed by atoms with Crippen LogP contribution >= 0.6 is 11.8 Å². The number of rotatable bonds is 8. The van der Waals surface area contributed by atoms with Gasteiger partial charge in [-0.05, 0) is 30.6 Å². The van der Waals surface area contributed by atoms with Crippen molar-refractivity contribution in [3.8, 4) is 17.0 Å². The van der Waals surface area contributed by atoms with Gasteiger partial charge in [-0.25, -0.2) is 0 Å². The molecule has 0 saturated heterocycles. The molecule has 7 heteroatoms. The first kappa shape index (κ1) is 17.4. The molecule has 1 aromatic carbocycles. The van der Waals surface area contributed by atoms with Gasteiger partial charge < -0.3 is 15.2 Å². The van der Waals surface area contributed by atoms with E-state index < -0.39 is 0 Å². The number of para-hydroxylation sites is 1. The molecular weight excluding hydrogens is 314 g/mol. The number of benzene rings is 1. The Balaban J connectivity index is 2.21. The Hall–Kier alpha value is -1.99. The number of carbonyl (C=O) groups is 1. The molecule has 1 unspecified atom stereocenters. The molecule has 0 aliphatic heterocycles. The van der Waals surface area contributed by atoms with Gasteiger partial charge >= 0.3 is 0 Å². The van der Waals surface area contributed by atoms with Gasteiger partial charge in [-0.3, -0.25) is 9.89 Å². The molecule has 0 spiro atoms. The standard InChI is InChI=1S/C16H21N3O3S/c1-22-14-6-4-3-5-12(14)15-13(9-17-19-15)16(21)18-11(10-20)7-8-23-2/h3-6,9,11,20H,7-8,10H2,1-2H3,(H,17,19)(H,18,21). The smallest absolute Gasteiger partial charge is 0.255 e. The molecule has 23 heavy (non-hydrogen) atoms. The quantitative estimate of drug-likeness (QED) is 0.686. The van der Waals surface area contributed by atoms with Gasteiger partial charge in [-0.1, -0.05) is 12.1 Å². The highest BCUT2D eigenvalue weighted by Gasteiger charge is 2.20. The molecule has 2 rings (SSSR count). The maximum Gasteiger partial charge on any atom is 0.255 e. The summed E-state index contributed by atoms with van der Waals surface area (Å²) in [6.07, 6.45) is 4.19. The Morgan fingerprint density at radius 3 is 2.96 bits per heavy atom. The number of methoxy groups -OCH3 is 1. The Morgan fingerprint density at radius 1 is 1.48 bits per heavy atom. The lowest BCUT2D eigenvalue weighted by molar-refractivity contribution is 0.0916. The van der Waals surface area contributed by atoms with E-state index >= 15 is 0 Å². The summed E-state index contributed by atoms with van der Waals surface area (Å²) in [6, 6.07) is 7.15. The zero-order valence-corrected chi connectivity index (χ0v) is 14.0. The summed E-state index contributed by atoms with van der Waals surface area (Å²) in [7, 11) is 1.58. The molecule has 1 aromatic heterocycles. The SMILES string of the molecule is COc1ccccc1-c1[nH]ncc1C(=O)NC(CO)CCSC. The fourth-order valence-corrected chi connectivity index (χ4v) is 2.77. The van der Waals surface area contributed by atoms with Gasteiger partial charge in [0.25, 0.3) is 5.91 Å². The lowest BCUT2D eigenvalue weighted by Gasteiger charge is -2.16. The first-order valence-electron chi connectivity index (χ1n) is 7.28. The molecule has 1 amide bonds. The predicted octanol–water partition coefficient (Wildman–Crippen LogP) is 1.93. The van der Waals surface area contributed by atoms with Gasteiger partial charge in [0.2, 0.25) is 0 Å². The van der Waals surface area contributed by atoms with Crippen molar-refractivity contribution in [2.75, 3.05) is 25.7 Å². The van der Waals surface area contributed by atoms with Gasteiger partial charge in [-0.15, -0.1) is 0 Å². The summed E-state index contributed by atoms with van der Waals surface area (Å²) in [5, 5.41) is 19.1. The summed E-state index contributed by atoms with van der Waals surface area (Å²) >= 11 is 1.68. The van der Waals surface area contributed by atoms with Crippen molar-refractivity contribution in [2.24, 2.45) is 0 Å². The van der Waals surface area contributed by atoms with Crippen LogP contribution in [0.5, 0.6) is 5.75 Å². The average Bonchev–Trinajstić information content (AvgIpc) is 3.07. The van der Waals surface area contributed by atoms with Crippen LogP contribution in [0.2, 0.25) is 0 Å². The van der Waals surface area contributed by atoms with Gasteiger partial charge in [-0.2, -0.15) is 16.9 Å². The number of aromatic nitrogens is 2.